The molecule has 0 spiro atoms. The van der Waals surface area contributed by atoms with E-state index in [0.717, 1.165) is 5.56 Å². The average molecular weight is 200 g/mol. The molecule has 1 aromatic rings. The number of benzene rings is 1. The predicted octanol–water partition coefficient (Wildman–Crippen LogP) is 1.44. The molecule has 0 aliphatic carbocycles. The smallest absolute Gasteiger partial charge is 0.175 e. The molecule has 0 fully saturated rings. The van der Waals surface area contributed by atoms with Crippen molar-refractivity contribution in [3.05, 3.63) is 29.8 Å². The molecule has 0 saturated carbocycles. The van der Waals surface area contributed by atoms with Crippen LogP contribution in [0.4, 0.5) is 0 Å². The van der Waals surface area contributed by atoms with Crippen molar-refractivity contribution in [2.45, 2.75) is 4.90 Å². The normalized spacial score (nSPS) is 11.1. The number of thiocarbonyl (C=S) groups is 1. The number of hydrogen-bond donors (Lipinski definition) is 0. The molecule has 64 valence electrons. The zero-order chi connectivity index (χ0) is 9.19. The van der Waals surface area contributed by atoms with Gasteiger partial charge in [0.05, 0.1) is 4.90 Å². The third-order valence-electron chi connectivity index (χ3n) is 1.44. The van der Waals surface area contributed by atoms with Crippen LogP contribution in [0.1, 0.15) is 5.56 Å². The van der Waals surface area contributed by atoms with Gasteiger partial charge in [0.2, 0.25) is 0 Å². The Morgan fingerprint density at radius 1 is 1.25 bits per heavy atom. The summed E-state index contributed by atoms with van der Waals surface area (Å²) < 4.78 is 22.0. The Hall–Kier alpha value is -0.740. The van der Waals surface area contributed by atoms with Crippen molar-refractivity contribution < 1.29 is 8.42 Å². The van der Waals surface area contributed by atoms with Crippen LogP contribution in [0.25, 0.3) is 0 Å². The molecule has 0 bridgehead atoms. The number of hydrogen-bond acceptors (Lipinski definition) is 3. The van der Waals surface area contributed by atoms with Crippen LogP contribution in [0.15, 0.2) is 29.2 Å². The molecule has 1 rings (SSSR count). The van der Waals surface area contributed by atoms with E-state index in [4.69, 9.17) is 0 Å². The molecule has 1 aromatic carbocycles. The van der Waals surface area contributed by atoms with E-state index in [0.29, 0.717) is 4.90 Å². The van der Waals surface area contributed by atoms with Crippen LogP contribution in [-0.4, -0.2) is 20.0 Å². The molecule has 12 heavy (non-hydrogen) atoms. The second-order valence-corrected chi connectivity index (χ2v) is 4.71. The van der Waals surface area contributed by atoms with Crippen LogP contribution in [0, 0.1) is 0 Å². The highest BCUT2D eigenvalue weighted by atomic mass is 32.2. The molecule has 0 amide bonds. The molecule has 2 nitrogen and oxygen atoms in total. The summed E-state index contributed by atoms with van der Waals surface area (Å²) in [5.41, 5.74) is 0.845. The third kappa shape index (κ3) is 2.12. The van der Waals surface area contributed by atoms with Gasteiger partial charge in [-0.3, -0.25) is 0 Å². The van der Waals surface area contributed by atoms with Gasteiger partial charge in [-0.1, -0.05) is 24.4 Å². The Kier molecular flexibility index (Phi) is 2.59. The van der Waals surface area contributed by atoms with Gasteiger partial charge in [0.15, 0.2) is 9.84 Å². The Morgan fingerprint density at radius 3 is 2.08 bits per heavy atom. The maximum absolute atomic E-state index is 11.0. The molecule has 0 unspecified atom stereocenters. The summed E-state index contributed by atoms with van der Waals surface area (Å²) in [6.07, 6.45) is 1.18. The van der Waals surface area contributed by atoms with Crippen LogP contribution in [-0.2, 0) is 9.84 Å². The van der Waals surface area contributed by atoms with Gasteiger partial charge in [-0.2, -0.15) is 0 Å². The van der Waals surface area contributed by atoms with E-state index in [2.05, 4.69) is 12.2 Å². The van der Waals surface area contributed by atoms with Gasteiger partial charge in [0.25, 0.3) is 0 Å². The van der Waals surface area contributed by atoms with Gasteiger partial charge in [-0.25, -0.2) is 8.42 Å². The zero-order valence-electron chi connectivity index (χ0n) is 6.52. The van der Waals surface area contributed by atoms with E-state index in [-0.39, 0.29) is 0 Å². The molecule has 0 aliphatic rings. The summed E-state index contributed by atoms with van der Waals surface area (Å²) in [5, 5.41) is 1.51. The fourth-order valence-corrected chi connectivity index (χ4v) is 1.58. The van der Waals surface area contributed by atoms with Crippen molar-refractivity contribution >= 4 is 27.4 Å². The lowest BCUT2D eigenvalue weighted by molar-refractivity contribution is 0.602. The van der Waals surface area contributed by atoms with Crippen molar-refractivity contribution in [2.75, 3.05) is 6.26 Å². The van der Waals surface area contributed by atoms with E-state index in [1.165, 1.54) is 11.6 Å². The van der Waals surface area contributed by atoms with Crippen molar-refractivity contribution in [2.24, 2.45) is 0 Å². The summed E-state index contributed by atoms with van der Waals surface area (Å²) in [7, 11) is -3.08. The lowest BCUT2D eigenvalue weighted by Crippen LogP contribution is -1.96. The molecule has 0 aromatic heterocycles. The quantitative estimate of drug-likeness (QED) is 0.677. The first-order chi connectivity index (χ1) is 5.54. The van der Waals surface area contributed by atoms with Gasteiger partial charge in [0.1, 0.15) is 0 Å². The monoisotopic (exact) mass is 200 g/mol. The minimum atomic E-state index is -3.08. The first-order valence-corrected chi connectivity index (χ1v) is 5.65. The highest BCUT2D eigenvalue weighted by Crippen LogP contribution is 2.08. The van der Waals surface area contributed by atoms with Crippen molar-refractivity contribution in [1.29, 1.82) is 0 Å². The van der Waals surface area contributed by atoms with Crippen LogP contribution < -0.4 is 0 Å². The Bertz CT molecular complexity index is 376. The minimum Gasteiger partial charge on any atom is -0.224 e. The van der Waals surface area contributed by atoms with E-state index < -0.39 is 9.84 Å². The molecule has 0 radical (unpaired) electrons. The second kappa shape index (κ2) is 3.33. The summed E-state index contributed by atoms with van der Waals surface area (Å²) in [6, 6.07) is 6.47. The van der Waals surface area contributed by atoms with E-state index >= 15 is 0 Å². The first-order valence-electron chi connectivity index (χ1n) is 3.29. The van der Waals surface area contributed by atoms with Crippen molar-refractivity contribution in [3.8, 4) is 0 Å². The maximum atomic E-state index is 11.0. The lowest BCUT2D eigenvalue weighted by atomic mass is 10.2. The molecule has 4 heteroatoms. The highest BCUT2D eigenvalue weighted by Gasteiger charge is 2.04. The van der Waals surface area contributed by atoms with Crippen LogP contribution in [0.3, 0.4) is 0 Å². The highest BCUT2D eigenvalue weighted by molar-refractivity contribution is 7.90. The number of sulfone groups is 1. The van der Waals surface area contributed by atoms with Crippen LogP contribution in [0.2, 0.25) is 0 Å². The standard InChI is InChI=1S/C8H8O2S2/c1-12(9,10)8-4-2-7(6-11)3-5-8/h2-6H,1H3. The largest absolute Gasteiger partial charge is 0.224 e. The summed E-state index contributed by atoms with van der Waals surface area (Å²) >= 11 is 4.68. The van der Waals surface area contributed by atoms with Gasteiger partial charge in [-0.05, 0) is 17.7 Å². The van der Waals surface area contributed by atoms with Crippen LogP contribution in [0.5, 0.6) is 0 Å². The molecule has 0 saturated heterocycles. The van der Waals surface area contributed by atoms with Crippen molar-refractivity contribution in [1.82, 2.24) is 0 Å². The molecule has 0 atom stereocenters. The van der Waals surface area contributed by atoms with E-state index in [1.54, 1.807) is 24.3 Å². The van der Waals surface area contributed by atoms with Gasteiger partial charge >= 0.3 is 0 Å². The number of rotatable bonds is 2. The molecular formula is C8H8O2S2. The summed E-state index contributed by atoms with van der Waals surface area (Å²) in [5.74, 6) is 0. The van der Waals surface area contributed by atoms with Crippen LogP contribution >= 0.6 is 12.2 Å². The molecule has 0 heterocycles. The first kappa shape index (κ1) is 9.35. The molecule has 0 N–H and O–H groups in total. The zero-order valence-corrected chi connectivity index (χ0v) is 8.15. The lowest BCUT2D eigenvalue weighted by Gasteiger charge is -1.97. The van der Waals surface area contributed by atoms with E-state index in [1.807, 2.05) is 0 Å². The predicted molar refractivity (Wildman–Crippen MR) is 52.3 cm³/mol. The minimum absolute atomic E-state index is 0.322. The van der Waals surface area contributed by atoms with Gasteiger partial charge in [-0.15, -0.1) is 0 Å². The SMILES string of the molecule is CS(=O)(=O)c1ccc(C=S)cc1. The Morgan fingerprint density at radius 2 is 1.75 bits per heavy atom. The Balaban J connectivity index is 3.17. The summed E-state index contributed by atoms with van der Waals surface area (Å²) in [4.78, 5) is 0.322. The fraction of sp³-hybridized carbons (Fsp3) is 0.125. The fourth-order valence-electron chi connectivity index (χ4n) is 0.794. The van der Waals surface area contributed by atoms with Gasteiger partial charge in [0, 0.05) is 11.6 Å². The topological polar surface area (TPSA) is 34.1 Å². The third-order valence-corrected chi connectivity index (χ3v) is 2.84. The Labute approximate surface area is 77.1 Å². The second-order valence-electron chi connectivity index (χ2n) is 2.46. The van der Waals surface area contributed by atoms with E-state index in [9.17, 15) is 8.42 Å². The van der Waals surface area contributed by atoms with Crippen molar-refractivity contribution in [3.63, 3.8) is 0 Å². The summed E-state index contributed by atoms with van der Waals surface area (Å²) in [6.45, 7) is 0. The molecular weight excluding hydrogens is 192 g/mol. The average Bonchev–Trinajstić information content (AvgIpc) is 2.03. The molecule has 0 aliphatic heterocycles. The maximum Gasteiger partial charge on any atom is 0.175 e. The van der Waals surface area contributed by atoms with Gasteiger partial charge < -0.3 is 0 Å².